The molecule has 2 unspecified atom stereocenters. The Morgan fingerprint density at radius 2 is 2.50 bits per heavy atom. The molecule has 4 nitrogen and oxygen atoms in total. The Morgan fingerprint density at radius 1 is 1.67 bits per heavy atom. The molecule has 1 fully saturated rings. The zero-order valence-electron chi connectivity index (χ0n) is 7.08. The zero-order valence-corrected chi connectivity index (χ0v) is 7.90. The van der Waals surface area contributed by atoms with Crippen LogP contribution >= 0.6 is 0 Å². The quantitative estimate of drug-likeness (QED) is 0.528. The summed E-state index contributed by atoms with van der Waals surface area (Å²) in [6, 6.07) is 0.488. The van der Waals surface area contributed by atoms with Gasteiger partial charge >= 0.3 is 0 Å². The van der Waals surface area contributed by atoms with Crippen molar-refractivity contribution in [3.8, 4) is 0 Å². The van der Waals surface area contributed by atoms with Crippen LogP contribution in [0.15, 0.2) is 0 Å². The summed E-state index contributed by atoms with van der Waals surface area (Å²) in [5, 5.41) is 6.51. The van der Waals surface area contributed by atoms with Crippen molar-refractivity contribution in [2.45, 2.75) is 18.9 Å². The number of nitrogens with one attached hydrogen (secondary N) is 2. The third kappa shape index (κ3) is 4.15. The van der Waals surface area contributed by atoms with Crippen LogP contribution in [-0.4, -0.2) is 40.2 Å². The van der Waals surface area contributed by atoms with E-state index in [-0.39, 0.29) is 0 Å². The highest BCUT2D eigenvalue weighted by Gasteiger charge is 2.11. The summed E-state index contributed by atoms with van der Waals surface area (Å²) in [5.41, 5.74) is 0. The fourth-order valence-electron chi connectivity index (χ4n) is 1.38. The Hall–Kier alpha value is 0.0300. The molecular weight excluding hydrogens is 176 g/mol. The van der Waals surface area contributed by atoms with Crippen molar-refractivity contribution >= 4 is 11.1 Å². The third-order valence-electron chi connectivity index (χ3n) is 2.01. The Morgan fingerprint density at radius 3 is 3.08 bits per heavy atom. The lowest BCUT2D eigenvalue weighted by atomic mass is 10.1. The Labute approximate surface area is 75.4 Å². The molecule has 12 heavy (non-hydrogen) atoms. The van der Waals surface area contributed by atoms with Gasteiger partial charge in [-0.15, -0.1) is 0 Å². The van der Waals surface area contributed by atoms with Crippen LogP contribution in [0, 0.1) is 0 Å². The first-order chi connectivity index (χ1) is 5.79. The molecule has 72 valence electrons. The SMILES string of the molecule is O=S(O)CCNC1CCCNC1. The zero-order chi connectivity index (χ0) is 8.81. The van der Waals surface area contributed by atoms with Gasteiger partial charge in [0.1, 0.15) is 0 Å². The van der Waals surface area contributed by atoms with Crippen LogP contribution < -0.4 is 10.6 Å². The fourth-order valence-corrected chi connectivity index (χ4v) is 1.67. The lowest BCUT2D eigenvalue weighted by Crippen LogP contribution is -2.44. The topological polar surface area (TPSA) is 61.4 Å². The molecule has 0 saturated carbocycles. The van der Waals surface area contributed by atoms with Gasteiger partial charge in [0.15, 0.2) is 11.1 Å². The first-order valence-electron chi connectivity index (χ1n) is 4.30. The van der Waals surface area contributed by atoms with Crippen molar-refractivity contribution in [3.05, 3.63) is 0 Å². The molecule has 1 saturated heterocycles. The van der Waals surface area contributed by atoms with Gasteiger partial charge in [-0.1, -0.05) is 0 Å². The standard InChI is InChI=1S/C7H16N2O2S/c10-12(11)5-4-9-7-2-1-3-8-6-7/h7-9H,1-6H2,(H,10,11). The van der Waals surface area contributed by atoms with E-state index in [1.807, 2.05) is 0 Å². The molecule has 0 radical (unpaired) electrons. The molecule has 5 heteroatoms. The highest BCUT2D eigenvalue weighted by Crippen LogP contribution is 2.00. The molecule has 2 atom stereocenters. The summed E-state index contributed by atoms with van der Waals surface area (Å²) in [6.07, 6.45) is 2.37. The maximum atomic E-state index is 10.3. The first-order valence-corrected chi connectivity index (χ1v) is 5.58. The van der Waals surface area contributed by atoms with Gasteiger partial charge in [-0.3, -0.25) is 0 Å². The molecule has 0 spiro atoms. The smallest absolute Gasteiger partial charge is 0.154 e. The van der Waals surface area contributed by atoms with E-state index >= 15 is 0 Å². The maximum absolute atomic E-state index is 10.3. The predicted molar refractivity (Wildman–Crippen MR) is 49.5 cm³/mol. The predicted octanol–water partition coefficient (Wildman–Crippen LogP) is -0.450. The molecule has 1 heterocycles. The number of hydrogen-bond acceptors (Lipinski definition) is 3. The van der Waals surface area contributed by atoms with Crippen LogP contribution in [0.2, 0.25) is 0 Å². The van der Waals surface area contributed by atoms with Gasteiger partial charge in [-0.05, 0) is 19.4 Å². The Bertz CT molecular complexity index is 148. The van der Waals surface area contributed by atoms with Crippen molar-refractivity contribution < 1.29 is 8.76 Å². The Balaban J connectivity index is 2.01. The molecular formula is C7H16N2O2S. The van der Waals surface area contributed by atoms with Gasteiger partial charge in [0.05, 0.1) is 5.75 Å². The van der Waals surface area contributed by atoms with Crippen LogP contribution in [-0.2, 0) is 11.1 Å². The molecule has 0 aromatic carbocycles. The molecule has 0 aliphatic carbocycles. The summed E-state index contributed by atoms with van der Waals surface area (Å²) in [6.45, 7) is 2.72. The van der Waals surface area contributed by atoms with Gasteiger partial charge < -0.3 is 15.2 Å². The summed E-state index contributed by atoms with van der Waals surface area (Å²) < 4.78 is 18.8. The van der Waals surface area contributed by atoms with E-state index < -0.39 is 11.1 Å². The average molecular weight is 192 g/mol. The molecule has 0 amide bonds. The molecule has 0 aromatic heterocycles. The molecule has 1 aliphatic heterocycles. The van der Waals surface area contributed by atoms with Crippen LogP contribution in [0.1, 0.15) is 12.8 Å². The number of rotatable bonds is 4. The van der Waals surface area contributed by atoms with Crippen molar-refractivity contribution in [2.75, 3.05) is 25.4 Å². The second-order valence-corrected chi connectivity index (χ2v) is 4.07. The van der Waals surface area contributed by atoms with Crippen molar-refractivity contribution in [3.63, 3.8) is 0 Å². The maximum Gasteiger partial charge on any atom is 0.154 e. The molecule has 0 bridgehead atoms. The normalized spacial score (nSPS) is 26.9. The van der Waals surface area contributed by atoms with Crippen LogP contribution in [0.5, 0.6) is 0 Å². The van der Waals surface area contributed by atoms with E-state index in [0.29, 0.717) is 18.3 Å². The van der Waals surface area contributed by atoms with E-state index in [1.54, 1.807) is 0 Å². The lowest BCUT2D eigenvalue weighted by Gasteiger charge is -2.23. The van der Waals surface area contributed by atoms with Crippen molar-refractivity contribution in [1.29, 1.82) is 0 Å². The fraction of sp³-hybridized carbons (Fsp3) is 1.00. The second kappa shape index (κ2) is 5.64. The van der Waals surface area contributed by atoms with Crippen LogP contribution in [0.3, 0.4) is 0 Å². The van der Waals surface area contributed by atoms with E-state index in [9.17, 15) is 4.21 Å². The summed E-state index contributed by atoms with van der Waals surface area (Å²) >= 11 is -1.65. The minimum atomic E-state index is -1.65. The highest BCUT2D eigenvalue weighted by atomic mass is 32.2. The third-order valence-corrected chi connectivity index (χ3v) is 2.56. The first kappa shape index (κ1) is 10.1. The highest BCUT2D eigenvalue weighted by molar-refractivity contribution is 7.79. The van der Waals surface area contributed by atoms with E-state index in [0.717, 1.165) is 13.1 Å². The summed E-state index contributed by atoms with van der Waals surface area (Å²) in [7, 11) is 0. The van der Waals surface area contributed by atoms with Gasteiger partial charge in [-0.25, -0.2) is 4.21 Å². The Kier molecular flexibility index (Phi) is 4.75. The van der Waals surface area contributed by atoms with E-state index in [1.165, 1.54) is 12.8 Å². The molecule has 0 aromatic rings. The van der Waals surface area contributed by atoms with Crippen LogP contribution in [0.25, 0.3) is 0 Å². The molecule has 1 rings (SSSR count). The van der Waals surface area contributed by atoms with Crippen molar-refractivity contribution in [2.24, 2.45) is 0 Å². The van der Waals surface area contributed by atoms with E-state index in [2.05, 4.69) is 10.6 Å². The lowest BCUT2D eigenvalue weighted by molar-refractivity contribution is 0.396. The van der Waals surface area contributed by atoms with Gasteiger partial charge in [-0.2, -0.15) is 0 Å². The molecule has 3 N–H and O–H groups in total. The van der Waals surface area contributed by atoms with Gasteiger partial charge in [0.25, 0.3) is 0 Å². The van der Waals surface area contributed by atoms with Crippen LogP contribution in [0.4, 0.5) is 0 Å². The average Bonchev–Trinajstić information content (AvgIpc) is 2.05. The summed E-state index contributed by atoms with van der Waals surface area (Å²) in [5.74, 6) is 0.330. The largest absolute Gasteiger partial charge is 0.315 e. The molecule has 1 aliphatic rings. The number of piperidine rings is 1. The summed E-state index contributed by atoms with van der Waals surface area (Å²) in [4.78, 5) is 0. The second-order valence-electron chi connectivity index (χ2n) is 3.02. The van der Waals surface area contributed by atoms with Crippen molar-refractivity contribution in [1.82, 2.24) is 10.6 Å². The number of hydrogen-bond donors (Lipinski definition) is 3. The van der Waals surface area contributed by atoms with Gasteiger partial charge in [0.2, 0.25) is 0 Å². The minimum absolute atomic E-state index is 0.330. The van der Waals surface area contributed by atoms with E-state index in [4.69, 9.17) is 4.55 Å². The van der Waals surface area contributed by atoms with Gasteiger partial charge in [0, 0.05) is 19.1 Å². The monoisotopic (exact) mass is 192 g/mol. The minimum Gasteiger partial charge on any atom is -0.315 e.